The van der Waals surface area contributed by atoms with Crippen LogP contribution in [0, 0.1) is 0 Å². The molecule has 13 aromatic carbocycles. The molecular formula is C79H50N4O. The van der Waals surface area contributed by atoms with Crippen molar-refractivity contribution in [3.63, 3.8) is 0 Å². The molecule has 0 aliphatic heterocycles. The Kier molecular flexibility index (Phi) is 11.8. The monoisotopic (exact) mass is 1070 g/mol. The quantitative estimate of drug-likeness (QED) is 0.137. The summed E-state index contributed by atoms with van der Waals surface area (Å²) in [6, 6.07) is 108. The fourth-order valence-electron chi connectivity index (χ4n) is 12.3. The van der Waals surface area contributed by atoms with E-state index in [0.29, 0.717) is 17.5 Å². The van der Waals surface area contributed by atoms with E-state index >= 15 is 0 Å². The zero-order valence-electron chi connectivity index (χ0n) is 45.6. The maximum atomic E-state index is 6.62. The molecule has 16 aromatic rings. The highest BCUT2D eigenvalue weighted by Gasteiger charge is 2.23. The Balaban J connectivity index is 0.890. The van der Waals surface area contributed by atoms with Gasteiger partial charge in [0.1, 0.15) is 11.2 Å². The fraction of sp³-hybridized carbons (Fsp3) is 0. The lowest BCUT2D eigenvalue weighted by Crippen LogP contribution is -2.02. The van der Waals surface area contributed by atoms with E-state index in [2.05, 4.69) is 296 Å². The van der Waals surface area contributed by atoms with Gasteiger partial charge in [-0.2, -0.15) is 0 Å². The summed E-state index contributed by atoms with van der Waals surface area (Å²) in [6.07, 6.45) is 0. The van der Waals surface area contributed by atoms with Crippen molar-refractivity contribution in [1.29, 1.82) is 0 Å². The molecule has 0 unspecified atom stereocenters. The van der Waals surface area contributed by atoms with Crippen molar-refractivity contribution in [3.8, 4) is 107 Å². The highest BCUT2D eigenvalue weighted by molar-refractivity contribution is 6.19. The van der Waals surface area contributed by atoms with Crippen LogP contribution < -0.4 is 0 Å². The third kappa shape index (κ3) is 8.62. The highest BCUT2D eigenvalue weighted by atomic mass is 16.3. The summed E-state index contributed by atoms with van der Waals surface area (Å²) >= 11 is 0. The minimum absolute atomic E-state index is 0.557. The van der Waals surface area contributed by atoms with Crippen LogP contribution in [0.15, 0.2) is 308 Å². The molecule has 84 heavy (non-hydrogen) atoms. The van der Waals surface area contributed by atoms with Gasteiger partial charge < -0.3 is 8.98 Å². The van der Waals surface area contributed by atoms with E-state index in [9.17, 15) is 0 Å². The smallest absolute Gasteiger partial charge is 0.164 e. The molecule has 5 heteroatoms. The minimum Gasteiger partial charge on any atom is -0.456 e. The van der Waals surface area contributed by atoms with Crippen molar-refractivity contribution >= 4 is 54.5 Å². The number of nitrogens with zero attached hydrogens (tertiary/aromatic N) is 4. The van der Waals surface area contributed by atoms with Gasteiger partial charge in [0.15, 0.2) is 17.5 Å². The van der Waals surface area contributed by atoms with Gasteiger partial charge in [-0.15, -0.1) is 0 Å². The van der Waals surface area contributed by atoms with Crippen LogP contribution in [-0.4, -0.2) is 19.5 Å². The minimum atomic E-state index is 0.557. The SMILES string of the molecule is c1ccc(-c2ccc(-c3ccc(-c4nc(-c5ccc(-c6ccc(-c7ccccc7)cc6)cc5)nc(-c5ccc(-n6c7cc8ccccc8cc7c7c(-c8ccccc8)cccc76)cc5-c5cccc6oc7ccccc7c56)n4)cc3)cc2)cc1. The van der Waals surface area contributed by atoms with Gasteiger partial charge in [0.05, 0.1) is 11.0 Å². The first-order valence-corrected chi connectivity index (χ1v) is 28.5. The largest absolute Gasteiger partial charge is 0.456 e. The van der Waals surface area contributed by atoms with Crippen LogP contribution in [0.5, 0.6) is 0 Å². The van der Waals surface area contributed by atoms with Crippen LogP contribution >= 0.6 is 0 Å². The number of fused-ring (bicyclic) bond motifs is 7. The van der Waals surface area contributed by atoms with E-state index in [1.54, 1.807) is 0 Å². The van der Waals surface area contributed by atoms with Crippen LogP contribution in [0.25, 0.3) is 161 Å². The third-order valence-electron chi connectivity index (χ3n) is 16.5. The first kappa shape index (κ1) is 48.6. The van der Waals surface area contributed by atoms with Gasteiger partial charge in [0.25, 0.3) is 0 Å². The van der Waals surface area contributed by atoms with Crippen LogP contribution in [0.2, 0.25) is 0 Å². The van der Waals surface area contributed by atoms with Crippen molar-refractivity contribution in [3.05, 3.63) is 303 Å². The molecule has 0 bridgehead atoms. The van der Waals surface area contributed by atoms with E-state index in [0.717, 1.165) is 88.7 Å². The molecule has 5 nitrogen and oxygen atoms in total. The van der Waals surface area contributed by atoms with E-state index in [4.69, 9.17) is 19.4 Å². The second-order valence-electron chi connectivity index (χ2n) is 21.5. The van der Waals surface area contributed by atoms with Gasteiger partial charge in [-0.1, -0.05) is 255 Å². The Bertz CT molecular complexity index is 4980. The normalized spacial score (nSPS) is 11.6. The molecule has 0 amide bonds. The van der Waals surface area contributed by atoms with Gasteiger partial charge in [0.2, 0.25) is 0 Å². The number of aromatic nitrogens is 4. The van der Waals surface area contributed by atoms with Crippen LogP contribution in [0.1, 0.15) is 0 Å². The summed E-state index contributed by atoms with van der Waals surface area (Å²) in [6.45, 7) is 0. The van der Waals surface area contributed by atoms with Crippen molar-refractivity contribution < 1.29 is 4.42 Å². The van der Waals surface area contributed by atoms with Gasteiger partial charge in [-0.05, 0) is 126 Å². The van der Waals surface area contributed by atoms with Gasteiger partial charge >= 0.3 is 0 Å². The Morgan fingerprint density at radius 1 is 0.238 bits per heavy atom. The summed E-state index contributed by atoms with van der Waals surface area (Å²) in [5.74, 6) is 1.71. The Labute approximate surface area is 485 Å². The highest BCUT2D eigenvalue weighted by Crippen LogP contribution is 2.45. The Morgan fingerprint density at radius 2 is 0.679 bits per heavy atom. The zero-order chi connectivity index (χ0) is 55.5. The predicted octanol–water partition coefficient (Wildman–Crippen LogP) is 21.0. The Hall–Kier alpha value is -11.3. The van der Waals surface area contributed by atoms with Crippen LogP contribution in [-0.2, 0) is 0 Å². The predicted molar refractivity (Wildman–Crippen MR) is 348 cm³/mol. The molecule has 0 spiro atoms. The topological polar surface area (TPSA) is 56.7 Å². The number of rotatable bonds is 10. The second kappa shape index (κ2) is 20.4. The van der Waals surface area contributed by atoms with E-state index in [-0.39, 0.29) is 0 Å². The van der Waals surface area contributed by atoms with Crippen molar-refractivity contribution in [2.75, 3.05) is 0 Å². The molecule has 0 fully saturated rings. The summed E-state index contributed by atoms with van der Waals surface area (Å²) < 4.78 is 9.05. The standard InChI is InChI=1S/C79H50N4O/c1-4-16-51(17-5-1)53-30-34-55(35-31-53)57-38-42-60(43-39-57)77-80-78(61-44-40-58(41-45-61)56-36-32-54(33-37-56)52-18-6-2-7-19-52)82-79(81-77)67-47-46-64(50-69(67)66-26-15-29-74-76(66)68-24-12-13-28-73(68)84-74)83-71-27-14-25-65(59-20-8-3-9-21-59)75(71)70-48-62-22-10-11-23-63(62)49-72(70)83/h1-50H. The average molecular weight is 1070 g/mol. The Morgan fingerprint density at radius 3 is 1.25 bits per heavy atom. The molecule has 0 radical (unpaired) electrons. The molecular weight excluding hydrogens is 1020 g/mol. The molecule has 16 rings (SSSR count). The number of benzene rings is 13. The third-order valence-corrected chi connectivity index (χ3v) is 16.5. The number of hydrogen-bond acceptors (Lipinski definition) is 4. The van der Waals surface area contributed by atoms with E-state index < -0.39 is 0 Å². The van der Waals surface area contributed by atoms with Crippen molar-refractivity contribution in [2.24, 2.45) is 0 Å². The van der Waals surface area contributed by atoms with Crippen molar-refractivity contribution in [2.45, 2.75) is 0 Å². The number of para-hydroxylation sites is 1. The average Bonchev–Trinajstić information content (AvgIpc) is 3.71. The number of hydrogen-bond donors (Lipinski definition) is 0. The lowest BCUT2D eigenvalue weighted by atomic mass is 9.94. The molecule has 0 N–H and O–H groups in total. The van der Waals surface area contributed by atoms with E-state index in [1.165, 1.54) is 54.9 Å². The van der Waals surface area contributed by atoms with Crippen molar-refractivity contribution in [1.82, 2.24) is 19.5 Å². The van der Waals surface area contributed by atoms with Crippen LogP contribution in [0.4, 0.5) is 0 Å². The summed E-state index contributed by atoms with van der Waals surface area (Å²) in [7, 11) is 0. The summed E-state index contributed by atoms with van der Waals surface area (Å²) in [5.41, 5.74) is 21.1. The maximum absolute atomic E-state index is 6.62. The van der Waals surface area contributed by atoms with Gasteiger partial charge in [0, 0.05) is 43.9 Å². The lowest BCUT2D eigenvalue weighted by molar-refractivity contribution is 0.669. The lowest BCUT2D eigenvalue weighted by Gasteiger charge is -2.16. The van der Waals surface area contributed by atoms with Gasteiger partial charge in [-0.3, -0.25) is 0 Å². The van der Waals surface area contributed by atoms with Gasteiger partial charge in [-0.25, -0.2) is 15.0 Å². The summed E-state index contributed by atoms with van der Waals surface area (Å²) in [4.78, 5) is 16.3. The van der Waals surface area contributed by atoms with Crippen LogP contribution in [0.3, 0.4) is 0 Å². The first-order valence-electron chi connectivity index (χ1n) is 28.5. The van der Waals surface area contributed by atoms with E-state index in [1.807, 2.05) is 12.1 Å². The molecule has 0 saturated heterocycles. The maximum Gasteiger partial charge on any atom is 0.164 e. The molecule has 0 atom stereocenters. The fourth-order valence-corrected chi connectivity index (χ4v) is 12.3. The molecule has 392 valence electrons. The molecule has 0 aliphatic carbocycles. The first-order chi connectivity index (χ1) is 41.6. The molecule has 0 saturated carbocycles. The second-order valence-corrected chi connectivity index (χ2v) is 21.5. The molecule has 3 aromatic heterocycles. The zero-order valence-corrected chi connectivity index (χ0v) is 45.6. The number of furan rings is 1. The molecule has 0 aliphatic rings. The molecule has 3 heterocycles. The summed E-state index contributed by atoms with van der Waals surface area (Å²) in [5, 5.41) is 6.83.